The minimum atomic E-state index is -1.23. The molecule has 2 aromatic rings. The van der Waals surface area contributed by atoms with Crippen LogP contribution in [-0.4, -0.2) is 6.29 Å². The Balaban J connectivity index is 2.55. The van der Waals surface area contributed by atoms with E-state index in [1.165, 1.54) is 12.1 Å². The molecule has 5 heteroatoms. The van der Waals surface area contributed by atoms with Gasteiger partial charge in [0.15, 0.2) is 17.9 Å². The van der Waals surface area contributed by atoms with Gasteiger partial charge >= 0.3 is 0 Å². The summed E-state index contributed by atoms with van der Waals surface area (Å²) in [5, 5.41) is 0. The molecule has 82 valence electrons. The van der Waals surface area contributed by atoms with Gasteiger partial charge in [0.2, 0.25) is 0 Å². The number of rotatable bonds is 2. The first kappa shape index (κ1) is 10.9. The molecule has 0 radical (unpaired) electrons. The summed E-state index contributed by atoms with van der Waals surface area (Å²) < 4.78 is 38.9. The molecule has 0 atom stereocenters. The van der Waals surface area contributed by atoms with Crippen molar-refractivity contribution in [1.29, 1.82) is 0 Å². The van der Waals surface area contributed by atoms with Gasteiger partial charge in [-0.05, 0) is 18.2 Å². The van der Waals surface area contributed by atoms with E-state index in [0.717, 1.165) is 17.4 Å². The van der Waals surface area contributed by atoms with E-state index in [2.05, 4.69) is 0 Å². The number of hydrogen-bond donors (Lipinski definition) is 0. The molecular weight excluding hydrogens is 237 g/mol. The smallest absolute Gasteiger partial charge is 0.161 e. The molecule has 2 rings (SSSR count). The lowest BCUT2D eigenvalue weighted by atomic mass is 10.1. The van der Waals surface area contributed by atoms with Crippen molar-refractivity contribution in [3.8, 4) is 10.4 Å². The Bertz CT molecular complexity index is 548. The molecule has 1 nitrogen and oxygen atoms in total. The van der Waals surface area contributed by atoms with Crippen LogP contribution in [0.2, 0.25) is 0 Å². The molecule has 0 amide bonds. The second-order valence-electron chi connectivity index (χ2n) is 3.07. The van der Waals surface area contributed by atoms with Crippen LogP contribution in [0.15, 0.2) is 24.3 Å². The fourth-order valence-corrected chi connectivity index (χ4v) is 2.11. The van der Waals surface area contributed by atoms with Crippen molar-refractivity contribution in [2.24, 2.45) is 0 Å². The van der Waals surface area contributed by atoms with Crippen LogP contribution < -0.4 is 0 Å². The lowest BCUT2D eigenvalue weighted by molar-refractivity contribution is 0.112. The molecule has 0 aliphatic heterocycles. The maximum absolute atomic E-state index is 13.3. The summed E-state index contributed by atoms with van der Waals surface area (Å²) in [5.74, 6) is -3.19. The lowest BCUT2D eigenvalue weighted by Crippen LogP contribution is -1.89. The summed E-state index contributed by atoms with van der Waals surface area (Å²) in [6.07, 6.45) is 0.617. The first-order valence-corrected chi connectivity index (χ1v) is 5.13. The highest BCUT2D eigenvalue weighted by Gasteiger charge is 2.13. The Morgan fingerprint density at radius 1 is 1.00 bits per heavy atom. The molecule has 0 saturated carbocycles. The first-order chi connectivity index (χ1) is 7.61. The van der Waals surface area contributed by atoms with E-state index >= 15 is 0 Å². The third-order valence-corrected chi connectivity index (χ3v) is 3.06. The Labute approximate surface area is 93.2 Å². The summed E-state index contributed by atoms with van der Waals surface area (Å²) in [7, 11) is 0. The van der Waals surface area contributed by atoms with Crippen molar-refractivity contribution < 1.29 is 18.0 Å². The van der Waals surface area contributed by atoms with Gasteiger partial charge in [-0.1, -0.05) is 0 Å². The van der Waals surface area contributed by atoms with Crippen LogP contribution in [0.25, 0.3) is 10.4 Å². The van der Waals surface area contributed by atoms with E-state index in [1.807, 2.05) is 0 Å². The highest BCUT2D eigenvalue weighted by atomic mass is 32.1. The Hall–Kier alpha value is -1.62. The second kappa shape index (κ2) is 4.09. The molecule has 1 aromatic heterocycles. The second-order valence-corrected chi connectivity index (χ2v) is 4.18. The van der Waals surface area contributed by atoms with Crippen molar-refractivity contribution in [2.75, 3.05) is 0 Å². The minimum Gasteiger partial charge on any atom is -0.297 e. The van der Waals surface area contributed by atoms with Crippen LogP contribution in [0.5, 0.6) is 0 Å². The summed E-state index contributed by atoms with van der Waals surface area (Å²) in [6, 6.07) is 4.26. The standard InChI is InChI=1S/C11H5F3OS/c12-8-4-10(14)9(13)3-7(8)11-2-1-6(5-15)16-11/h1-5H. The molecule has 0 saturated heterocycles. The molecule has 0 unspecified atom stereocenters. The maximum Gasteiger partial charge on any atom is 0.161 e. The van der Waals surface area contributed by atoms with Crippen LogP contribution in [-0.2, 0) is 0 Å². The van der Waals surface area contributed by atoms with Gasteiger partial charge in [-0.15, -0.1) is 11.3 Å². The zero-order valence-electron chi connectivity index (χ0n) is 7.84. The van der Waals surface area contributed by atoms with Gasteiger partial charge in [0.25, 0.3) is 0 Å². The first-order valence-electron chi connectivity index (χ1n) is 4.31. The van der Waals surface area contributed by atoms with Gasteiger partial charge < -0.3 is 0 Å². The minimum absolute atomic E-state index is 0.0444. The Kier molecular flexibility index (Phi) is 2.78. The van der Waals surface area contributed by atoms with Crippen LogP contribution in [0.4, 0.5) is 13.2 Å². The van der Waals surface area contributed by atoms with Gasteiger partial charge in [-0.3, -0.25) is 4.79 Å². The number of carbonyl (C=O) groups excluding carboxylic acids is 1. The third kappa shape index (κ3) is 1.86. The molecule has 0 aliphatic rings. The SMILES string of the molecule is O=Cc1ccc(-c2cc(F)c(F)cc2F)s1. The molecule has 0 fully saturated rings. The molecule has 0 aliphatic carbocycles. The monoisotopic (exact) mass is 242 g/mol. The Morgan fingerprint density at radius 3 is 2.31 bits per heavy atom. The van der Waals surface area contributed by atoms with E-state index in [9.17, 15) is 18.0 Å². The van der Waals surface area contributed by atoms with E-state index in [-0.39, 0.29) is 5.56 Å². The molecule has 16 heavy (non-hydrogen) atoms. The highest BCUT2D eigenvalue weighted by Crippen LogP contribution is 2.30. The van der Waals surface area contributed by atoms with Gasteiger partial charge in [0.05, 0.1) is 4.88 Å². The van der Waals surface area contributed by atoms with Crippen molar-refractivity contribution >= 4 is 17.6 Å². The predicted molar refractivity (Wildman–Crippen MR) is 55.0 cm³/mol. The molecule has 0 spiro atoms. The summed E-state index contributed by atoms with van der Waals surface area (Å²) in [4.78, 5) is 11.2. The van der Waals surface area contributed by atoms with Crippen molar-refractivity contribution in [2.45, 2.75) is 0 Å². The fraction of sp³-hybridized carbons (Fsp3) is 0. The van der Waals surface area contributed by atoms with Gasteiger partial charge in [-0.2, -0.15) is 0 Å². The van der Waals surface area contributed by atoms with Crippen molar-refractivity contribution in [3.05, 3.63) is 46.6 Å². The number of thiophene rings is 1. The fourth-order valence-electron chi connectivity index (χ4n) is 1.27. The van der Waals surface area contributed by atoms with Gasteiger partial charge in [0, 0.05) is 16.5 Å². The molecule has 0 bridgehead atoms. The van der Waals surface area contributed by atoms with Crippen LogP contribution >= 0.6 is 11.3 Å². The molecule has 1 heterocycles. The van der Waals surface area contributed by atoms with E-state index in [1.54, 1.807) is 0 Å². The van der Waals surface area contributed by atoms with Crippen molar-refractivity contribution in [3.63, 3.8) is 0 Å². The zero-order valence-corrected chi connectivity index (χ0v) is 8.65. The molecule has 0 N–H and O–H groups in total. The van der Waals surface area contributed by atoms with Crippen LogP contribution in [0, 0.1) is 17.5 Å². The Morgan fingerprint density at radius 2 is 1.69 bits per heavy atom. The highest BCUT2D eigenvalue weighted by molar-refractivity contribution is 7.17. The van der Waals surface area contributed by atoms with Crippen LogP contribution in [0.3, 0.4) is 0 Å². The normalized spacial score (nSPS) is 10.4. The summed E-state index contributed by atoms with van der Waals surface area (Å²) >= 11 is 1.02. The van der Waals surface area contributed by atoms with E-state index in [4.69, 9.17) is 0 Å². The predicted octanol–water partition coefficient (Wildman–Crippen LogP) is 3.64. The van der Waals surface area contributed by atoms with Gasteiger partial charge in [-0.25, -0.2) is 13.2 Å². The number of halogens is 3. The molecule has 1 aromatic carbocycles. The quantitative estimate of drug-likeness (QED) is 0.580. The van der Waals surface area contributed by atoms with E-state index < -0.39 is 17.5 Å². The average Bonchev–Trinajstić information content (AvgIpc) is 2.71. The maximum atomic E-state index is 13.3. The van der Waals surface area contributed by atoms with E-state index in [0.29, 0.717) is 22.1 Å². The zero-order chi connectivity index (χ0) is 11.7. The van der Waals surface area contributed by atoms with Gasteiger partial charge in [0.1, 0.15) is 5.82 Å². The van der Waals surface area contributed by atoms with Crippen molar-refractivity contribution in [1.82, 2.24) is 0 Å². The summed E-state index contributed by atoms with van der Waals surface area (Å²) in [6.45, 7) is 0. The number of hydrogen-bond acceptors (Lipinski definition) is 2. The third-order valence-electron chi connectivity index (χ3n) is 2.02. The lowest BCUT2D eigenvalue weighted by Gasteiger charge is -2.00. The molecular formula is C11H5F3OS. The van der Waals surface area contributed by atoms with Crippen LogP contribution in [0.1, 0.15) is 9.67 Å². The topological polar surface area (TPSA) is 17.1 Å². The number of benzene rings is 1. The number of carbonyl (C=O) groups is 1. The summed E-state index contributed by atoms with van der Waals surface area (Å²) in [5.41, 5.74) is -0.0444. The average molecular weight is 242 g/mol. The number of aldehydes is 1. The largest absolute Gasteiger partial charge is 0.297 e.